The van der Waals surface area contributed by atoms with E-state index in [2.05, 4.69) is 47.2 Å². The average Bonchev–Trinajstić information content (AvgIpc) is 2.78. The van der Waals surface area contributed by atoms with Crippen molar-refractivity contribution in [2.24, 2.45) is 5.10 Å². The first-order chi connectivity index (χ1) is 15.7. The van der Waals surface area contributed by atoms with Gasteiger partial charge in [0.2, 0.25) is 0 Å². The molecule has 0 bridgehead atoms. The molecular formula is C26H25BrN2O4. The molecule has 3 aromatic carbocycles. The summed E-state index contributed by atoms with van der Waals surface area (Å²) < 4.78 is 11.7. The second kappa shape index (κ2) is 10.9. The number of rotatable bonds is 7. The Bertz CT molecular complexity index is 1150. The number of halogens is 1. The van der Waals surface area contributed by atoms with Crippen LogP contribution in [-0.4, -0.2) is 24.7 Å². The molecule has 170 valence electrons. The van der Waals surface area contributed by atoms with Crippen LogP contribution in [0.2, 0.25) is 0 Å². The largest absolute Gasteiger partial charge is 0.484 e. The zero-order valence-corrected chi connectivity index (χ0v) is 20.3. The van der Waals surface area contributed by atoms with E-state index in [0.717, 1.165) is 4.47 Å². The predicted molar refractivity (Wildman–Crippen MR) is 132 cm³/mol. The molecular weight excluding hydrogens is 484 g/mol. The summed E-state index contributed by atoms with van der Waals surface area (Å²) in [4.78, 5) is 24.3. The molecule has 3 rings (SSSR count). The average molecular weight is 509 g/mol. The van der Waals surface area contributed by atoms with E-state index in [1.54, 1.807) is 42.5 Å². The SMILES string of the molecule is CC(C)(C)c1ccc(OCC(=O)N/N=C\c2cccc(OC(=O)c3cccc(Br)c3)c2)cc1. The lowest BCUT2D eigenvalue weighted by Gasteiger charge is -2.19. The van der Waals surface area contributed by atoms with E-state index in [4.69, 9.17) is 9.47 Å². The van der Waals surface area contributed by atoms with E-state index in [1.807, 2.05) is 30.3 Å². The Hall–Kier alpha value is -3.45. The zero-order chi connectivity index (χ0) is 23.8. The maximum atomic E-state index is 12.3. The summed E-state index contributed by atoms with van der Waals surface area (Å²) in [6, 6.07) is 21.5. The number of amides is 1. The lowest BCUT2D eigenvalue weighted by atomic mass is 9.87. The summed E-state index contributed by atoms with van der Waals surface area (Å²) in [7, 11) is 0. The van der Waals surface area contributed by atoms with Crippen molar-refractivity contribution in [3.63, 3.8) is 0 Å². The summed E-state index contributed by atoms with van der Waals surface area (Å²) in [6.07, 6.45) is 1.46. The first-order valence-electron chi connectivity index (χ1n) is 10.3. The highest BCUT2D eigenvalue weighted by Crippen LogP contribution is 2.24. The predicted octanol–water partition coefficient (Wildman–Crippen LogP) is 5.49. The Labute approximate surface area is 201 Å². The van der Waals surface area contributed by atoms with Gasteiger partial charge in [-0.05, 0) is 59.0 Å². The Morgan fingerprint density at radius 1 is 0.970 bits per heavy atom. The first kappa shape index (κ1) is 24.2. The lowest BCUT2D eigenvalue weighted by molar-refractivity contribution is -0.123. The fraction of sp³-hybridized carbons (Fsp3) is 0.192. The minimum atomic E-state index is -0.466. The molecule has 0 saturated heterocycles. The van der Waals surface area contributed by atoms with Gasteiger partial charge in [0.15, 0.2) is 6.61 Å². The molecule has 0 atom stereocenters. The molecule has 3 aromatic rings. The van der Waals surface area contributed by atoms with Gasteiger partial charge in [-0.15, -0.1) is 0 Å². The van der Waals surface area contributed by atoms with E-state index in [1.165, 1.54) is 11.8 Å². The van der Waals surface area contributed by atoms with E-state index >= 15 is 0 Å². The van der Waals surface area contributed by atoms with Gasteiger partial charge in [0.1, 0.15) is 11.5 Å². The van der Waals surface area contributed by atoms with E-state index in [9.17, 15) is 9.59 Å². The van der Waals surface area contributed by atoms with Crippen molar-refractivity contribution < 1.29 is 19.1 Å². The Balaban J connectivity index is 1.49. The van der Waals surface area contributed by atoms with Crippen LogP contribution in [0.15, 0.2) is 82.4 Å². The highest BCUT2D eigenvalue weighted by Gasteiger charge is 2.13. The van der Waals surface area contributed by atoms with Gasteiger partial charge < -0.3 is 9.47 Å². The molecule has 0 aliphatic rings. The number of carbonyl (C=O) groups excluding carboxylic acids is 2. The third-order valence-corrected chi connectivity index (χ3v) is 5.12. The summed E-state index contributed by atoms with van der Waals surface area (Å²) >= 11 is 3.33. The molecule has 0 unspecified atom stereocenters. The van der Waals surface area contributed by atoms with Gasteiger partial charge in [0.25, 0.3) is 5.91 Å². The van der Waals surface area contributed by atoms with Crippen molar-refractivity contribution in [3.05, 3.63) is 94.0 Å². The van der Waals surface area contributed by atoms with E-state index in [0.29, 0.717) is 22.6 Å². The standard InChI is InChI=1S/C26H25BrN2O4/c1-26(2,3)20-10-12-22(13-11-20)32-17-24(30)29-28-16-18-6-4-9-23(14-18)33-25(31)19-7-5-8-21(27)15-19/h4-16H,17H2,1-3H3,(H,29,30)/b28-16-. The number of nitrogens with zero attached hydrogens (tertiary/aromatic N) is 1. The van der Waals surface area contributed by atoms with Crippen LogP contribution < -0.4 is 14.9 Å². The third kappa shape index (κ3) is 7.57. The molecule has 0 saturated carbocycles. The van der Waals surface area contributed by atoms with Gasteiger partial charge in [-0.3, -0.25) is 4.79 Å². The van der Waals surface area contributed by atoms with E-state index in [-0.39, 0.29) is 17.9 Å². The normalized spacial score (nSPS) is 11.3. The van der Waals surface area contributed by atoms with Crippen LogP contribution in [0.1, 0.15) is 42.3 Å². The van der Waals surface area contributed by atoms with Crippen LogP contribution in [0, 0.1) is 0 Å². The number of carbonyl (C=O) groups is 2. The molecule has 7 heteroatoms. The molecule has 0 aliphatic carbocycles. The molecule has 0 aliphatic heterocycles. The fourth-order valence-electron chi connectivity index (χ4n) is 2.85. The second-order valence-corrected chi connectivity index (χ2v) is 9.24. The molecule has 1 amide bonds. The molecule has 0 heterocycles. The molecule has 0 radical (unpaired) electrons. The second-order valence-electron chi connectivity index (χ2n) is 8.33. The number of ether oxygens (including phenoxy) is 2. The minimum Gasteiger partial charge on any atom is -0.484 e. The maximum Gasteiger partial charge on any atom is 0.343 e. The summed E-state index contributed by atoms with van der Waals surface area (Å²) in [5, 5.41) is 3.94. The summed E-state index contributed by atoms with van der Waals surface area (Å²) in [5.41, 5.74) is 4.76. The van der Waals surface area contributed by atoms with E-state index < -0.39 is 5.97 Å². The highest BCUT2D eigenvalue weighted by molar-refractivity contribution is 9.10. The smallest absolute Gasteiger partial charge is 0.343 e. The van der Waals surface area contributed by atoms with Crippen LogP contribution in [0.4, 0.5) is 0 Å². The lowest BCUT2D eigenvalue weighted by Crippen LogP contribution is -2.24. The van der Waals surface area contributed by atoms with Crippen molar-refractivity contribution >= 4 is 34.0 Å². The fourth-order valence-corrected chi connectivity index (χ4v) is 3.25. The van der Waals surface area contributed by atoms with Crippen LogP contribution >= 0.6 is 15.9 Å². The molecule has 0 fully saturated rings. The van der Waals surface area contributed by atoms with Crippen molar-refractivity contribution in [2.45, 2.75) is 26.2 Å². The van der Waals surface area contributed by atoms with Crippen LogP contribution in [-0.2, 0) is 10.2 Å². The number of hydrogen-bond acceptors (Lipinski definition) is 5. The molecule has 0 spiro atoms. The highest BCUT2D eigenvalue weighted by atomic mass is 79.9. The number of hydrazone groups is 1. The number of nitrogens with one attached hydrogen (secondary N) is 1. The van der Waals surface area contributed by atoms with Gasteiger partial charge in [0, 0.05) is 4.47 Å². The Morgan fingerprint density at radius 2 is 1.70 bits per heavy atom. The van der Waals surface area contributed by atoms with Gasteiger partial charge in [-0.1, -0.05) is 67.0 Å². The summed E-state index contributed by atoms with van der Waals surface area (Å²) in [6.45, 7) is 6.25. The van der Waals surface area contributed by atoms with Gasteiger partial charge in [0.05, 0.1) is 11.8 Å². The van der Waals surface area contributed by atoms with Crippen molar-refractivity contribution in [1.29, 1.82) is 0 Å². The van der Waals surface area contributed by atoms with Crippen LogP contribution in [0.3, 0.4) is 0 Å². The van der Waals surface area contributed by atoms with Gasteiger partial charge in [-0.2, -0.15) is 5.10 Å². The monoisotopic (exact) mass is 508 g/mol. The van der Waals surface area contributed by atoms with Gasteiger partial charge >= 0.3 is 5.97 Å². The number of hydrogen-bond donors (Lipinski definition) is 1. The van der Waals surface area contributed by atoms with Crippen molar-refractivity contribution in [2.75, 3.05) is 6.61 Å². The molecule has 1 N–H and O–H groups in total. The Morgan fingerprint density at radius 3 is 2.39 bits per heavy atom. The van der Waals surface area contributed by atoms with Gasteiger partial charge in [-0.25, -0.2) is 10.2 Å². The molecule has 0 aromatic heterocycles. The van der Waals surface area contributed by atoms with Crippen molar-refractivity contribution in [3.8, 4) is 11.5 Å². The zero-order valence-electron chi connectivity index (χ0n) is 18.7. The quantitative estimate of drug-likeness (QED) is 0.198. The number of benzene rings is 3. The molecule has 6 nitrogen and oxygen atoms in total. The van der Waals surface area contributed by atoms with Crippen LogP contribution in [0.5, 0.6) is 11.5 Å². The number of esters is 1. The third-order valence-electron chi connectivity index (χ3n) is 4.62. The van der Waals surface area contributed by atoms with Crippen molar-refractivity contribution in [1.82, 2.24) is 5.43 Å². The van der Waals surface area contributed by atoms with Crippen LogP contribution in [0.25, 0.3) is 0 Å². The molecule has 33 heavy (non-hydrogen) atoms. The Kier molecular flexibility index (Phi) is 8.01. The minimum absolute atomic E-state index is 0.0545. The topological polar surface area (TPSA) is 77.0 Å². The maximum absolute atomic E-state index is 12.3. The first-order valence-corrected chi connectivity index (χ1v) is 11.1. The summed E-state index contributed by atoms with van der Waals surface area (Å²) in [5.74, 6) is 0.133.